The summed E-state index contributed by atoms with van der Waals surface area (Å²) in [5.74, 6) is 0.848. The Morgan fingerprint density at radius 3 is 2.00 bits per heavy atom. The number of rotatable bonds is 0. The Bertz CT molecular complexity index is 193. The van der Waals surface area contributed by atoms with Crippen LogP contribution in [0.3, 0.4) is 0 Å². The first-order valence-electron chi connectivity index (χ1n) is 5.53. The van der Waals surface area contributed by atoms with E-state index in [9.17, 15) is 0 Å². The van der Waals surface area contributed by atoms with E-state index in [0.29, 0.717) is 5.41 Å². The highest BCUT2D eigenvalue weighted by atomic mass is 15.4. The number of piperidine rings is 1. The van der Waals surface area contributed by atoms with Gasteiger partial charge in [-0.15, -0.1) is 0 Å². The van der Waals surface area contributed by atoms with Crippen LogP contribution in [0.15, 0.2) is 0 Å². The SMILES string of the molecule is CC1CC(C)(C)C(C)[N+](C)(C)C1C. The quantitative estimate of drug-likeness (QED) is 0.508. The molecule has 78 valence electrons. The van der Waals surface area contributed by atoms with E-state index in [4.69, 9.17) is 0 Å². The van der Waals surface area contributed by atoms with Gasteiger partial charge in [0.25, 0.3) is 0 Å². The maximum atomic E-state index is 2.42. The molecule has 1 saturated heterocycles. The van der Waals surface area contributed by atoms with Crippen LogP contribution in [-0.4, -0.2) is 30.7 Å². The number of hydrogen-bond acceptors (Lipinski definition) is 0. The van der Waals surface area contributed by atoms with Gasteiger partial charge in [-0.1, -0.05) is 20.8 Å². The van der Waals surface area contributed by atoms with Gasteiger partial charge in [0.1, 0.15) is 0 Å². The molecular weight excluding hydrogens is 158 g/mol. The Labute approximate surface area is 83.7 Å². The molecule has 0 aromatic rings. The maximum Gasteiger partial charge on any atom is 0.0911 e. The summed E-state index contributed by atoms with van der Waals surface area (Å²) in [6, 6.07) is 1.56. The Balaban J connectivity index is 2.96. The summed E-state index contributed by atoms with van der Waals surface area (Å²) in [7, 11) is 4.76. The van der Waals surface area contributed by atoms with Gasteiger partial charge in [0.05, 0.1) is 26.2 Å². The molecule has 0 N–H and O–H groups in total. The van der Waals surface area contributed by atoms with Crippen molar-refractivity contribution in [3.8, 4) is 0 Å². The predicted molar refractivity (Wildman–Crippen MR) is 58.6 cm³/mol. The van der Waals surface area contributed by atoms with Gasteiger partial charge < -0.3 is 4.48 Å². The van der Waals surface area contributed by atoms with Crippen LogP contribution in [0.5, 0.6) is 0 Å². The molecule has 0 bridgehead atoms. The lowest BCUT2D eigenvalue weighted by atomic mass is 9.70. The van der Waals surface area contributed by atoms with Gasteiger partial charge in [-0.25, -0.2) is 0 Å². The van der Waals surface area contributed by atoms with Crippen LogP contribution in [0.4, 0.5) is 0 Å². The Morgan fingerprint density at radius 2 is 1.54 bits per heavy atom. The summed E-state index contributed by atoms with van der Waals surface area (Å²) in [6.45, 7) is 12.0. The summed E-state index contributed by atoms with van der Waals surface area (Å²) in [4.78, 5) is 0. The molecule has 0 saturated carbocycles. The van der Waals surface area contributed by atoms with Crippen molar-refractivity contribution in [1.82, 2.24) is 0 Å². The van der Waals surface area contributed by atoms with Crippen molar-refractivity contribution in [1.29, 1.82) is 0 Å². The number of likely N-dealkylation sites (tertiary alicyclic amines) is 1. The topological polar surface area (TPSA) is 0 Å². The van der Waals surface area contributed by atoms with Crippen LogP contribution >= 0.6 is 0 Å². The molecule has 3 atom stereocenters. The highest BCUT2D eigenvalue weighted by Crippen LogP contribution is 2.43. The van der Waals surface area contributed by atoms with Crippen molar-refractivity contribution in [3.63, 3.8) is 0 Å². The van der Waals surface area contributed by atoms with Crippen LogP contribution in [0.25, 0.3) is 0 Å². The molecule has 1 heterocycles. The monoisotopic (exact) mass is 184 g/mol. The molecule has 1 heteroatoms. The molecular formula is C12H26N+. The molecule has 1 rings (SSSR count). The van der Waals surface area contributed by atoms with Crippen LogP contribution in [0.1, 0.15) is 41.0 Å². The molecule has 0 radical (unpaired) electrons. The molecule has 0 aromatic carbocycles. The molecule has 0 aromatic heterocycles. The molecule has 1 aliphatic rings. The van der Waals surface area contributed by atoms with E-state index in [1.807, 2.05) is 0 Å². The zero-order valence-electron chi connectivity index (χ0n) is 10.4. The van der Waals surface area contributed by atoms with E-state index in [-0.39, 0.29) is 0 Å². The molecule has 0 amide bonds. The van der Waals surface area contributed by atoms with Crippen molar-refractivity contribution < 1.29 is 4.48 Å². The summed E-state index contributed by atoms with van der Waals surface area (Å²) in [5.41, 5.74) is 0.495. The fraction of sp³-hybridized carbons (Fsp3) is 1.00. The predicted octanol–water partition coefficient (Wildman–Crippen LogP) is 2.91. The van der Waals surface area contributed by atoms with Gasteiger partial charge in [-0.3, -0.25) is 0 Å². The summed E-state index contributed by atoms with van der Waals surface area (Å²) >= 11 is 0. The highest BCUT2D eigenvalue weighted by molar-refractivity contribution is 4.85. The average Bonchev–Trinajstić information content (AvgIpc) is 1.98. The van der Waals surface area contributed by atoms with Crippen molar-refractivity contribution >= 4 is 0 Å². The molecule has 0 aliphatic carbocycles. The second kappa shape index (κ2) is 2.98. The molecule has 1 nitrogen and oxygen atoms in total. The second-order valence-electron chi connectivity index (χ2n) is 6.22. The standard InChI is InChI=1S/C12H26N/c1-9-8-12(4,5)11(3)13(6,7)10(9)2/h9-11H,8H2,1-7H3/q+1. The lowest BCUT2D eigenvalue weighted by Crippen LogP contribution is -2.64. The smallest absolute Gasteiger partial charge is 0.0911 e. The first-order valence-corrected chi connectivity index (χ1v) is 5.53. The van der Waals surface area contributed by atoms with Crippen molar-refractivity contribution in [2.75, 3.05) is 14.1 Å². The second-order valence-corrected chi connectivity index (χ2v) is 6.22. The number of quaternary nitrogens is 1. The van der Waals surface area contributed by atoms with Crippen LogP contribution in [0, 0.1) is 11.3 Å². The third-order valence-corrected chi connectivity index (χ3v) is 4.85. The normalized spacial score (nSPS) is 43.2. The Morgan fingerprint density at radius 1 is 1.08 bits per heavy atom. The summed E-state index contributed by atoms with van der Waals surface area (Å²) in [6.07, 6.45) is 1.37. The molecule has 1 fully saturated rings. The van der Waals surface area contributed by atoms with Gasteiger partial charge >= 0.3 is 0 Å². The zero-order valence-corrected chi connectivity index (χ0v) is 10.4. The van der Waals surface area contributed by atoms with E-state index in [1.54, 1.807) is 0 Å². The van der Waals surface area contributed by atoms with Gasteiger partial charge in [-0.05, 0) is 20.3 Å². The molecule has 3 unspecified atom stereocenters. The molecule has 1 aliphatic heterocycles. The van der Waals surface area contributed by atoms with E-state index in [1.165, 1.54) is 10.9 Å². The largest absolute Gasteiger partial charge is 0.323 e. The van der Waals surface area contributed by atoms with Crippen LogP contribution < -0.4 is 0 Å². The van der Waals surface area contributed by atoms with Crippen molar-refractivity contribution in [3.05, 3.63) is 0 Å². The minimum absolute atomic E-state index is 0.495. The molecule has 0 spiro atoms. The lowest BCUT2D eigenvalue weighted by molar-refractivity contribution is -0.952. The van der Waals surface area contributed by atoms with Gasteiger partial charge in [0, 0.05) is 11.3 Å². The minimum atomic E-state index is 0.495. The third kappa shape index (κ3) is 1.63. The van der Waals surface area contributed by atoms with E-state index < -0.39 is 0 Å². The van der Waals surface area contributed by atoms with E-state index in [0.717, 1.165) is 18.0 Å². The first-order chi connectivity index (χ1) is 5.69. The van der Waals surface area contributed by atoms with Crippen molar-refractivity contribution in [2.45, 2.75) is 53.1 Å². The fourth-order valence-electron chi connectivity index (χ4n) is 3.08. The number of hydrogen-bond donors (Lipinski definition) is 0. The summed E-state index contributed by atoms with van der Waals surface area (Å²) < 4.78 is 1.17. The summed E-state index contributed by atoms with van der Waals surface area (Å²) in [5, 5.41) is 0. The maximum absolute atomic E-state index is 2.42. The Hall–Kier alpha value is -0.0400. The van der Waals surface area contributed by atoms with Crippen LogP contribution in [-0.2, 0) is 0 Å². The lowest BCUT2D eigenvalue weighted by Gasteiger charge is -2.55. The first kappa shape index (κ1) is 11.0. The highest BCUT2D eigenvalue weighted by Gasteiger charge is 2.48. The number of nitrogens with zero attached hydrogens (tertiary/aromatic N) is 1. The van der Waals surface area contributed by atoms with Crippen molar-refractivity contribution in [2.24, 2.45) is 11.3 Å². The van der Waals surface area contributed by atoms with Gasteiger partial charge in [0.2, 0.25) is 0 Å². The van der Waals surface area contributed by atoms with Gasteiger partial charge in [0.15, 0.2) is 0 Å². The van der Waals surface area contributed by atoms with E-state index in [2.05, 4.69) is 48.7 Å². The minimum Gasteiger partial charge on any atom is -0.323 e. The van der Waals surface area contributed by atoms with Crippen LogP contribution in [0.2, 0.25) is 0 Å². The zero-order chi connectivity index (χ0) is 10.4. The van der Waals surface area contributed by atoms with Gasteiger partial charge in [-0.2, -0.15) is 0 Å². The third-order valence-electron chi connectivity index (χ3n) is 4.85. The molecule has 13 heavy (non-hydrogen) atoms. The average molecular weight is 184 g/mol. The van der Waals surface area contributed by atoms with E-state index >= 15 is 0 Å². The Kier molecular flexibility index (Phi) is 2.53. The fourth-order valence-corrected chi connectivity index (χ4v) is 3.08.